The second-order valence-electron chi connectivity index (χ2n) is 5.65. The lowest BCUT2D eigenvalue weighted by atomic mass is 9.86. The highest BCUT2D eigenvalue weighted by Crippen LogP contribution is 2.36. The van der Waals surface area contributed by atoms with Crippen LogP contribution in [-0.4, -0.2) is 19.7 Å². The van der Waals surface area contributed by atoms with Crippen molar-refractivity contribution in [2.75, 3.05) is 24.3 Å². The lowest BCUT2D eigenvalue weighted by molar-refractivity contribution is 0.337. The Labute approximate surface area is 116 Å². The van der Waals surface area contributed by atoms with Gasteiger partial charge in [-0.2, -0.15) is 0 Å². The maximum atomic E-state index is 6.24. The van der Waals surface area contributed by atoms with Crippen LogP contribution >= 0.6 is 0 Å². The van der Waals surface area contributed by atoms with Gasteiger partial charge in [0.2, 0.25) is 0 Å². The first-order chi connectivity index (χ1) is 9.13. The third kappa shape index (κ3) is 3.14. The maximum absolute atomic E-state index is 6.24. The van der Waals surface area contributed by atoms with Crippen LogP contribution < -0.4 is 15.4 Å². The highest BCUT2D eigenvalue weighted by atomic mass is 16.5. The smallest absolute Gasteiger partial charge is 0.144 e. The third-order valence-corrected chi connectivity index (χ3v) is 4.26. The van der Waals surface area contributed by atoms with Gasteiger partial charge in [0.1, 0.15) is 5.75 Å². The first kappa shape index (κ1) is 14.0. The van der Waals surface area contributed by atoms with Gasteiger partial charge in [0, 0.05) is 13.1 Å². The van der Waals surface area contributed by atoms with E-state index in [0.717, 1.165) is 23.0 Å². The molecule has 19 heavy (non-hydrogen) atoms. The number of para-hydroxylation sites is 1. The van der Waals surface area contributed by atoms with Crippen molar-refractivity contribution in [1.29, 1.82) is 0 Å². The van der Waals surface area contributed by atoms with Crippen LogP contribution in [0.1, 0.15) is 39.5 Å². The number of nitrogens with two attached hydrogens (primary N) is 1. The van der Waals surface area contributed by atoms with Crippen molar-refractivity contribution in [3.8, 4) is 5.75 Å². The molecule has 1 saturated carbocycles. The summed E-state index contributed by atoms with van der Waals surface area (Å²) in [5.41, 5.74) is 8.11. The van der Waals surface area contributed by atoms with Crippen molar-refractivity contribution in [3.05, 3.63) is 18.2 Å². The summed E-state index contributed by atoms with van der Waals surface area (Å²) in [6, 6.07) is 6.67. The molecular formula is C16H26N2O. The Morgan fingerprint density at radius 3 is 2.58 bits per heavy atom. The maximum Gasteiger partial charge on any atom is 0.144 e. The van der Waals surface area contributed by atoms with Crippen LogP contribution in [-0.2, 0) is 0 Å². The predicted molar refractivity (Wildman–Crippen MR) is 81.8 cm³/mol. The normalized spacial score (nSPS) is 23.1. The molecule has 0 unspecified atom stereocenters. The van der Waals surface area contributed by atoms with E-state index in [4.69, 9.17) is 10.5 Å². The molecule has 0 saturated heterocycles. The Morgan fingerprint density at radius 2 is 1.95 bits per heavy atom. The summed E-state index contributed by atoms with van der Waals surface area (Å²) in [4.78, 5) is 2.34. The van der Waals surface area contributed by atoms with Gasteiger partial charge >= 0.3 is 0 Å². The zero-order chi connectivity index (χ0) is 13.8. The van der Waals surface area contributed by atoms with Crippen LogP contribution in [0.15, 0.2) is 18.2 Å². The zero-order valence-corrected chi connectivity index (χ0v) is 12.4. The molecular weight excluding hydrogens is 236 g/mol. The van der Waals surface area contributed by atoms with Gasteiger partial charge in [-0.25, -0.2) is 0 Å². The molecule has 0 heterocycles. The molecule has 3 nitrogen and oxygen atoms in total. The number of anilines is 2. The van der Waals surface area contributed by atoms with Gasteiger partial charge in [-0.05, 0) is 50.7 Å². The van der Waals surface area contributed by atoms with E-state index in [2.05, 4.69) is 24.9 Å². The minimum absolute atomic E-state index is 0.607. The molecule has 0 atom stereocenters. The summed E-state index contributed by atoms with van der Waals surface area (Å²) in [6.45, 7) is 4.98. The number of hydrogen-bond acceptors (Lipinski definition) is 3. The number of rotatable bonds is 4. The Balaban J connectivity index is 2.14. The van der Waals surface area contributed by atoms with Gasteiger partial charge < -0.3 is 15.4 Å². The van der Waals surface area contributed by atoms with Crippen molar-refractivity contribution < 1.29 is 4.74 Å². The quantitative estimate of drug-likeness (QED) is 0.841. The average Bonchev–Trinajstić information content (AvgIpc) is 2.41. The van der Waals surface area contributed by atoms with Gasteiger partial charge in [-0.15, -0.1) is 0 Å². The van der Waals surface area contributed by atoms with E-state index in [0.29, 0.717) is 12.6 Å². The second-order valence-corrected chi connectivity index (χ2v) is 5.65. The molecule has 2 rings (SSSR count). The van der Waals surface area contributed by atoms with E-state index in [-0.39, 0.29) is 0 Å². The van der Waals surface area contributed by atoms with E-state index in [9.17, 15) is 0 Å². The van der Waals surface area contributed by atoms with Gasteiger partial charge in [-0.1, -0.05) is 13.0 Å². The van der Waals surface area contributed by atoms with Crippen LogP contribution in [0.25, 0.3) is 0 Å². The number of nitrogens with zero attached hydrogens (tertiary/aromatic N) is 1. The van der Waals surface area contributed by atoms with E-state index >= 15 is 0 Å². The number of ether oxygens (including phenoxy) is 1. The second kappa shape index (κ2) is 6.18. The number of benzene rings is 1. The number of nitrogen functional groups attached to an aromatic ring is 1. The van der Waals surface area contributed by atoms with Gasteiger partial charge in [0.05, 0.1) is 18.0 Å². The third-order valence-electron chi connectivity index (χ3n) is 4.26. The molecule has 0 spiro atoms. The fourth-order valence-electron chi connectivity index (χ4n) is 2.95. The monoisotopic (exact) mass is 262 g/mol. The van der Waals surface area contributed by atoms with E-state index in [1.54, 1.807) is 0 Å². The molecule has 0 aliphatic heterocycles. The Kier molecular flexibility index (Phi) is 4.56. The largest absolute Gasteiger partial charge is 0.492 e. The fraction of sp³-hybridized carbons (Fsp3) is 0.625. The SMILES string of the molecule is CCOc1cccc(N(C)C2CCC(C)CC2)c1N. The van der Waals surface area contributed by atoms with Crippen molar-refractivity contribution in [3.63, 3.8) is 0 Å². The van der Waals surface area contributed by atoms with Crippen LogP contribution in [0.3, 0.4) is 0 Å². The minimum atomic E-state index is 0.607. The molecule has 106 valence electrons. The molecule has 1 aliphatic carbocycles. The Bertz CT molecular complexity index is 411. The first-order valence-electron chi connectivity index (χ1n) is 7.37. The van der Waals surface area contributed by atoms with E-state index in [1.165, 1.54) is 25.7 Å². The van der Waals surface area contributed by atoms with Gasteiger partial charge in [0.25, 0.3) is 0 Å². The molecule has 2 N–H and O–H groups in total. The van der Waals surface area contributed by atoms with Gasteiger partial charge in [0.15, 0.2) is 0 Å². The zero-order valence-electron chi connectivity index (χ0n) is 12.4. The molecule has 0 radical (unpaired) electrons. The molecule has 1 fully saturated rings. The topological polar surface area (TPSA) is 38.5 Å². The predicted octanol–water partition coefficient (Wildman–Crippen LogP) is 3.68. The highest BCUT2D eigenvalue weighted by Gasteiger charge is 2.23. The summed E-state index contributed by atoms with van der Waals surface area (Å²) < 4.78 is 5.58. The Morgan fingerprint density at radius 1 is 1.26 bits per heavy atom. The summed E-state index contributed by atoms with van der Waals surface area (Å²) in [7, 11) is 2.15. The minimum Gasteiger partial charge on any atom is -0.492 e. The summed E-state index contributed by atoms with van der Waals surface area (Å²) in [5, 5.41) is 0. The van der Waals surface area contributed by atoms with Crippen molar-refractivity contribution in [2.24, 2.45) is 5.92 Å². The standard InChI is InChI=1S/C16H26N2O/c1-4-19-15-7-5-6-14(16(15)17)18(3)13-10-8-12(2)9-11-13/h5-7,12-13H,4,8-11,17H2,1-3H3. The average molecular weight is 262 g/mol. The number of hydrogen-bond donors (Lipinski definition) is 1. The van der Waals surface area contributed by atoms with Crippen LogP contribution in [0.5, 0.6) is 5.75 Å². The summed E-state index contributed by atoms with van der Waals surface area (Å²) in [6.07, 6.45) is 5.16. The first-order valence-corrected chi connectivity index (χ1v) is 7.37. The highest BCUT2D eigenvalue weighted by molar-refractivity contribution is 5.74. The van der Waals surface area contributed by atoms with Crippen LogP contribution in [0.4, 0.5) is 11.4 Å². The molecule has 1 aromatic carbocycles. The van der Waals surface area contributed by atoms with E-state index < -0.39 is 0 Å². The fourth-order valence-corrected chi connectivity index (χ4v) is 2.95. The van der Waals surface area contributed by atoms with Crippen molar-refractivity contribution >= 4 is 11.4 Å². The van der Waals surface area contributed by atoms with Crippen LogP contribution in [0.2, 0.25) is 0 Å². The van der Waals surface area contributed by atoms with Gasteiger partial charge in [-0.3, -0.25) is 0 Å². The molecule has 0 bridgehead atoms. The lowest BCUT2D eigenvalue weighted by Gasteiger charge is -2.35. The van der Waals surface area contributed by atoms with Crippen molar-refractivity contribution in [2.45, 2.75) is 45.6 Å². The lowest BCUT2D eigenvalue weighted by Crippen LogP contribution is -2.35. The summed E-state index contributed by atoms with van der Waals surface area (Å²) >= 11 is 0. The molecule has 0 aromatic heterocycles. The summed E-state index contributed by atoms with van der Waals surface area (Å²) in [5.74, 6) is 1.67. The van der Waals surface area contributed by atoms with Crippen LogP contribution in [0, 0.1) is 5.92 Å². The molecule has 0 amide bonds. The molecule has 1 aliphatic rings. The molecule has 3 heteroatoms. The van der Waals surface area contributed by atoms with Crippen molar-refractivity contribution in [1.82, 2.24) is 0 Å². The van der Waals surface area contributed by atoms with E-state index in [1.807, 2.05) is 19.1 Å². The Hall–Kier alpha value is -1.38. The molecule has 1 aromatic rings.